The van der Waals surface area contributed by atoms with Gasteiger partial charge in [0.05, 0.1) is 5.69 Å². The van der Waals surface area contributed by atoms with Gasteiger partial charge in [0.15, 0.2) is 0 Å². The van der Waals surface area contributed by atoms with Gasteiger partial charge in [0.2, 0.25) is 0 Å². The maximum absolute atomic E-state index is 13.4. The number of likely N-dealkylation sites (tertiary alicyclic amines) is 1. The predicted octanol–water partition coefficient (Wildman–Crippen LogP) is 3.02. The third-order valence-corrected chi connectivity index (χ3v) is 5.01. The molecule has 126 valence electrons. The highest BCUT2D eigenvalue weighted by Crippen LogP contribution is 2.28. The zero-order chi connectivity index (χ0) is 16.4. The number of rotatable bonds is 3. The predicted molar refractivity (Wildman–Crippen MR) is 90.3 cm³/mol. The molecule has 0 saturated carbocycles. The second-order valence-electron chi connectivity index (χ2n) is 6.96. The van der Waals surface area contributed by atoms with Crippen LogP contribution in [-0.4, -0.2) is 43.2 Å². The quantitative estimate of drug-likeness (QED) is 0.929. The van der Waals surface area contributed by atoms with E-state index < -0.39 is 0 Å². The van der Waals surface area contributed by atoms with Crippen LogP contribution >= 0.6 is 0 Å². The van der Waals surface area contributed by atoms with E-state index in [0.717, 1.165) is 37.2 Å². The number of hydrogen-bond donors (Lipinski definition) is 1. The number of carbonyl (C=O) groups excluding carboxylic acids is 1. The van der Waals surface area contributed by atoms with Crippen LogP contribution < -0.4 is 10.2 Å². The van der Waals surface area contributed by atoms with E-state index in [1.807, 2.05) is 0 Å². The van der Waals surface area contributed by atoms with Crippen LogP contribution in [0.2, 0.25) is 0 Å². The van der Waals surface area contributed by atoms with Crippen molar-refractivity contribution in [2.24, 2.45) is 5.92 Å². The second-order valence-corrected chi connectivity index (χ2v) is 6.96. The average Bonchev–Trinajstić information content (AvgIpc) is 2.96. The fraction of sp³-hybridized carbons (Fsp3) is 0.611. The fourth-order valence-electron chi connectivity index (χ4n) is 3.62. The SMILES string of the molecule is CC(C)N1CCCC(CNC(=O)N2CCc3ccc(F)cc32)C1. The van der Waals surface area contributed by atoms with Crippen molar-refractivity contribution in [1.82, 2.24) is 10.2 Å². The maximum atomic E-state index is 13.4. The van der Waals surface area contributed by atoms with E-state index in [9.17, 15) is 9.18 Å². The molecule has 2 amide bonds. The van der Waals surface area contributed by atoms with Gasteiger partial charge >= 0.3 is 6.03 Å². The molecule has 1 aromatic carbocycles. The van der Waals surface area contributed by atoms with Gasteiger partial charge < -0.3 is 10.2 Å². The Bertz CT molecular complexity index is 575. The molecule has 1 unspecified atom stereocenters. The van der Waals surface area contributed by atoms with Crippen molar-refractivity contribution in [3.05, 3.63) is 29.6 Å². The topological polar surface area (TPSA) is 35.6 Å². The van der Waals surface area contributed by atoms with Crippen LogP contribution in [0.3, 0.4) is 0 Å². The molecule has 1 saturated heterocycles. The van der Waals surface area contributed by atoms with Crippen LogP contribution in [0, 0.1) is 11.7 Å². The Balaban J connectivity index is 1.56. The molecule has 1 aromatic rings. The number of anilines is 1. The number of halogens is 1. The lowest BCUT2D eigenvalue weighted by molar-refractivity contribution is 0.139. The Kier molecular flexibility index (Phi) is 4.85. The van der Waals surface area contributed by atoms with Crippen molar-refractivity contribution in [3.8, 4) is 0 Å². The molecule has 0 bridgehead atoms. The molecule has 0 aromatic heterocycles. The smallest absolute Gasteiger partial charge is 0.321 e. The number of urea groups is 1. The highest BCUT2D eigenvalue weighted by atomic mass is 19.1. The number of nitrogens with zero attached hydrogens (tertiary/aromatic N) is 2. The zero-order valence-electron chi connectivity index (χ0n) is 14.0. The maximum Gasteiger partial charge on any atom is 0.321 e. The Morgan fingerprint density at radius 3 is 3.00 bits per heavy atom. The molecule has 3 rings (SSSR count). The first-order valence-corrected chi connectivity index (χ1v) is 8.62. The summed E-state index contributed by atoms with van der Waals surface area (Å²) in [6.45, 7) is 7.97. The number of amides is 2. The number of carbonyl (C=O) groups is 1. The average molecular weight is 319 g/mol. The standard InChI is InChI=1S/C18H26FN3O/c1-13(2)21-8-3-4-14(12-21)11-20-18(23)22-9-7-15-5-6-16(19)10-17(15)22/h5-6,10,13-14H,3-4,7-9,11-12H2,1-2H3,(H,20,23). The Morgan fingerprint density at radius 1 is 1.39 bits per heavy atom. The molecule has 0 aliphatic carbocycles. The highest BCUT2D eigenvalue weighted by molar-refractivity contribution is 5.94. The van der Waals surface area contributed by atoms with Crippen LogP contribution in [-0.2, 0) is 6.42 Å². The molecule has 0 spiro atoms. The second kappa shape index (κ2) is 6.87. The number of fused-ring (bicyclic) bond motifs is 1. The summed E-state index contributed by atoms with van der Waals surface area (Å²) in [5.41, 5.74) is 1.76. The van der Waals surface area contributed by atoms with Gasteiger partial charge in [0, 0.05) is 25.7 Å². The van der Waals surface area contributed by atoms with E-state index in [0.29, 0.717) is 25.0 Å². The Labute approximate surface area is 137 Å². The first-order valence-electron chi connectivity index (χ1n) is 8.62. The molecular formula is C18H26FN3O. The van der Waals surface area contributed by atoms with Crippen molar-refractivity contribution < 1.29 is 9.18 Å². The van der Waals surface area contributed by atoms with E-state index in [1.165, 1.54) is 18.6 Å². The van der Waals surface area contributed by atoms with Crippen LogP contribution in [0.15, 0.2) is 18.2 Å². The minimum absolute atomic E-state index is 0.101. The van der Waals surface area contributed by atoms with Gasteiger partial charge in [-0.25, -0.2) is 9.18 Å². The summed E-state index contributed by atoms with van der Waals surface area (Å²) in [7, 11) is 0. The van der Waals surface area contributed by atoms with Crippen molar-refractivity contribution >= 4 is 11.7 Å². The van der Waals surface area contributed by atoms with Gasteiger partial charge in [-0.3, -0.25) is 4.90 Å². The molecule has 1 N–H and O–H groups in total. The number of piperidine rings is 1. The molecule has 0 radical (unpaired) electrons. The summed E-state index contributed by atoms with van der Waals surface area (Å²) < 4.78 is 13.4. The molecule has 2 aliphatic rings. The molecule has 2 heterocycles. The minimum Gasteiger partial charge on any atom is -0.337 e. The van der Waals surface area contributed by atoms with Gasteiger partial charge in [-0.1, -0.05) is 6.07 Å². The van der Waals surface area contributed by atoms with E-state index in [1.54, 1.807) is 11.0 Å². The van der Waals surface area contributed by atoms with Crippen molar-refractivity contribution in [2.45, 2.75) is 39.2 Å². The van der Waals surface area contributed by atoms with Gasteiger partial charge in [-0.2, -0.15) is 0 Å². The number of benzene rings is 1. The summed E-state index contributed by atoms with van der Waals surface area (Å²) in [6, 6.07) is 5.16. The van der Waals surface area contributed by atoms with Gasteiger partial charge in [-0.15, -0.1) is 0 Å². The molecule has 1 atom stereocenters. The third kappa shape index (κ3) is 3.66. The molecule has 5 heteroatoms. The van der Waals surface area contributed by atoms with Crippen LogP contribution in [0.25, 0.3) is 0 Å². The van der Waals surface area contributed by atoms with E-state index >= 15 is 0 Å². The summed E-state index contributed by atoms with van der Waals surface area (Å²) in [5, 5.41) is 3.05. The van der Waals surface area contributed by atoms with Gasteiger partial charge in [-0.05, 0) is 63.3 Å². The van der Waals surface area contributed by atoms with Crippen molar-refractivity contribution in [3.63, 3.8) is 0 Å². The lowest BCUT2D eigenvalue weighted by Gasteiger charge is -2.35. The van der Waals surface area contributed by atoms with Crippen molar-refractivity contribution in [1.29, 1.82) is 0 Å². The van der Waals surface area contributed by atoms with Gasteiger partial charge in [0.1, 0.15) is 5.82 Å². The summed E-state index contributed by atoms with van der Waals surface area (Å²) in [6.07, 6.45) is 3.15. The van der Waals surface area contributed by atoms with Crippen molar-refractivity contribution in [2.75, 3.05) is 31.1 Å². The Morgan fingerprint density at radius 2 is 2.22 bits per heavy atom. The fourth-order valence-corrected chi connectivity index (χ4v) is 3.62. The first-order chi connectivity index (χ1) is 11.0. The van der Waals surface area contributed by atoms with E-state index in [4.69, 9.17) is 0 Å². The normalized spacial score (nSPS) is 21.6. The lowest BCUT2D eigenvalue weighted by Crippen LogP contribution is -2.46. The molecule has 1 fully saturated rings. The Hall–Kier alpha value is -1.62. The number of nitrogens with one attached hydrogen (secondary N) is 1. The molecule has 23 heavy (non-hydrogen) atoms. The zero-order valence-corrected chi connectivity index (χ0v) is 14.0. The number of hydrogen-bond acceptors (Lipinski definition) is 2. The minimum atomic E-state index is -0.289. The largest absolute Gasteiger partial charge is 0.337 e. The summed E-state index contributed by atoms with van der Waals surface area (Å²) in [4.78, 5) is 16.6. The van der Waals surface area contributed by atoms with Gasteiger partial charge in [0.25, 0.3) is 0 Å². The molecule has 2 aliphatic heterocycles. The van der Waals surface area contributed by atoms with Crippen LogP contribution in [0.5, 0.6) is 0 Å². The van der Waals surface area contributed by atoms with E-state index in [-0.39, 0.29) is 11.8 Å². The lowest BCUT2D eigenvalue weighted by atomic mass is 9.97. The summed E-state index contributed by atoms with van der Waals surface area (Å²) in [5.74, 6) is 0.216. The monoisotopic (exact) mass is 319 g/mol. The van der Waals surface area contributed by atoms with Crippen LogP contribution in [0.4, 0.5) is 14.9 Å². The molecule has 4 nitrogen and oxygen atoms in total. The summed E-state index contributed by atoms with van der Waals surface area (Å²) >= 11 is 0. The third-order valence-electron chi connectivity index (χ3n) is 5.01. The molecular weight excluding hydrogens is 293 g/mol. The highest BCUT2D eigenvalue weighted by Gasteiger charge is 2.27. The first kappa shape index (κ1) is 16.2. The van der Waals surface area contributed by atoms with E-state index in [2.05, 4.69) is 24.1 Å². The van der Waals surface area contributed by atoms with Crippen LogP contribution in [0.1, 0.15) is 32.3 Å².